The quantitative estimate of drug-likeness (QED) is 0.808. The molecule has 1 heterocycles. The number of rotatable bonds is 6. The number of fused-ring (bicyclic) bond motifs is 1. The van der Waals surface area contributed by atoms with Crippen LogP contribution >= 0.6 is 0 Å². The van der Waals surface area contributed by atoms with Crippen molar-refractivity contribution >= 4 is 27.3 Å². The average Bonchev–Trinajstić information content (AvgIpc) is 2.96. The van der Waals surface area contributed by atoms with Gasteiger partial charge in [-0.2, -0.15) is 4.31 Å². The minimum absolute atomic E-state index is 0.126. The summed E-state index contributed by atoms with van der Waals surface area (Å²) in [5.74, 6) is -0.126. The number of hydrogen-bond donors (Lipinski definition) is 1. The molecule has 6 nitrogen and oxygen atoms in total. The van der Waals surface area contributed by atoms with Crippen LogP contribution in [0, 0.1) is 0 Å². The molecule has 3 rings (SSSR count). The second kappa shape index (κ2) is 7.93. The normalized spacial score (nSPS) is 16.5. The maximum absolute atomic E-state index is 12.5. The van der Waals surface area contributed by atoms with Crippen molar-refractivity contribution in [3.63, 3.8) is 0 Å². The van der Waals surface area contributed by atoms with Crippen LogP contribution in [0.25, 0.3) is 0 Å². The Hall–Kier alpha value is -2.38. The van der Waals surface area contributed by atoms with Crippen molar-refractivity contribution in [1.82, 2.24) is 4.31 Å². The molecule has 1 amide bonds. The molecule has 150 valence electrons. The predicted octanol–water partition coefficient (Wildman–Crippen LogP) is 3.11. The van der Waals surface area contributed by atoms with Crippen LogP contribution in [-0.4, -0.2) is 44.3 Å². The second-order valence-electron chi connectivity index (χ2n) is 7.50. The Balaban J connectivity index is 1.67. The molecule has 0 aromatic heterocycles. The van der Waals surface area contributed by atoms with Crippen LogP contribution < -0.4 is 10.2 Å². The lowest BCUT2D eigenvalue weighted by Crippen LogP contribution is -2.37. The van der Waals surface area contributed by atoms with E-state index in [4.69, 9.17) is 0 Å². The van der Waals surface area contributed by atoms with Gasteiger partial charge in [-0.25, -0.2) is 8.42 Å². The fourth-order valence-corrected chi connectivity index (χ4v) is 4.75. The lowest BCUT2D eigenvalue weighted by atomic mass is 10.1. The highest BCUT2D eigenvalue weighted by Crippen LogP contribution is 2.31. The molecule has 0 saturated heterocycles. The van der Waals surface area contributed by atoms with Crippen LogP contribution in [0.15, 0.2) is 53.4 Å². The van der Waals surface area contributed by atoms with Crippen molar-refractivity contribution < 1.29 is 13.2 Å². The van der Waals surface area contributed by atoms with E-state index >= 15 is 0 Å². The van der Waals surface area contributed by atoms with E-state index < -0.39 is 10.0 Å². The Labute approximate surface area is 167 Å². The van der Waals surface area contributed by atoms with E-state index in [1.807, 2.05) is 32.0 Å². The average molecular weight is 402 g/mol. The zero-order valence-corrected chi connectivity index (χ0v) is 17.5. The summed E-state index contributed by atoms with van der Waals surface area (Å²) in [6.07, 6.45) is 0.930. The molecule has 28 heavy (non-hydrogen) atoms. The first-order chi connectivity index (χ1) is 13.2. The van der Waals surface area contributed by atoms with E-state index in [2.05, 4.69) is 23.2 Å². The number of anilines is 2. The van der Waals surface area contributed by atoms with Crippen LogP contribution in [0.2, 0.25) is 0 Å². The summed E-state index contributed by atoms with van der Waals surface area (Å²) in [6.45, 7) is 6.01. The second-order valence-corrected chi connectivity index (χ2v) is 9.49. The minimum Gasteiger partial charge on any atom is -0.359 e. The Morgan fingerprint density at radius 2 is 1.82 bits per heavy atom. The van der Waals surface area contributed by atoms with Gasteiger partial charge >= 0.3 is 0 Å². The molecule has 0 fully saturated rings. The Bertz CT molecular complexity index is 955. The topological polar surface area (TPSA) is 69.7 Å². The summed E-state index contributed by atoms with van der Waals surface area (Å²) in [6, 6.07) is 14.6. The molecule has 1 N–H and O–H groups in total. The first-order valence-electron chi connectivity index (χ1n) is 9.42. The molecule has 0 spiro atoms. The van der Waals surface area contributed by atoms with Crippen molar-refractivity contribution in [2.75, 3.05) is 23.8 Å². The molecule has 1 aliphatic heterocycles. The molecule has 2 aromatic carbocycles. The van der Waals surface area contributed by atoms with E-state index in [-0.39, 0.29) is 29.4 Å². The van der Waals surface area contributed by atoms with Gasteiger partial charge in [-0.15, -0.1) is 0 Å². The standard InChI is InChI=1S/C21H27N3O3S/c1-15(2)23(4)28(26,27)19-11-9-18(10-12-19)22-21(25)14-24-16(3)13-17-7-5-6-8-20(17)24/h5-12,15-16H,13-14H2,1-4H3,(H,22,25)/t16-/m1/s1. The number of sulfonamides is 1. The third kappa shape index (κ3) is 4.05. The summed E-state index contributed by atoms with van der Waals surface area (Å²) in [5, 5.41) is 2.86. The van der Waals surface area contributed by atoms with Gasteiger partial charge in [0, 0.05) is 30.5 Å². The van der Waals surface area contributed by atoms with Gasteiger partial charge in [0.15, 0.2) is 0 Å². The van der Waals surface area contributed by atoms with Crippen molar-refractivity contribution in [2.45, 2.75) is 44.2 Å². The van der Waals surface area contributed by atoms with E-state index in [9.17, 15) is 13.2 Å². The summed E-state index contributed by atoms with van der Waals surface area (Å²) >= 11 is 0. The summed E-state index contributed by atoms with van der Waals surface area (Å²) in [5.41, 5.74) is 2.94. The number of hydrogen-bond acceptors (Lipinski definition) is 4. The van der Waals surface area contributed by atoms with Crippen molar-refractivity contribution in [1.29, 1.82) is 0 Å². The Kier molecular flexibility index (Phi) is 5.76. The summed E-state index contributed by atoms with van der Waals surface area (Å²) in [7, 11) is -1.97. The molecule has 1 atom stereocenters. The van der Waals surface area contributed by atoms with Gasteiger partial charge in [0.05, 0.1) is 11.4 Å². The molecule has 0 unspecified atom stereocenters. The summed E-state index contributed by atoms with van der Waals surface area (Å²) < 4.78 is 26.4. The SMILES string of the molecule is CC(C)N(C)S(=O)(=O)c1ccc(NC(=O)CN2c3ccccc3C[C@H]2C)cc1. The number of carbonyl (C=O) groups excluding carboxylic acids is 1. The van der Waals surface area contributed by atoms with E-state index in [1.54, 1.807) is 19.2 Å². The van der Waals surface area contributed by atoms with Gasteiger partial charge in [-0.3, -0.25) is 4.79 Å². The largest absolute Gasteiger partial charge is 0.359 e. The molecule has 7 heteroatoms. The fraction of sp³-hybridized carbons (Fsp3) is 0.381. The lowest BCUT2D eigenvalue weighted by molar-refractivity contribution is -0.115. The number of amides is 1. The van der Waals surface area contributed by atoms with Crippen LogP contribution in [0.4, 0.5) is 11.4 Å². The van der Waals surface area contributed by atoms with Crippen LogP contribution in [0.3, 0.4) is 0 Å². The Morgan fingerprint density at radius 3 is 2.46 bits per heavy atom. The first kappa shape index (κ1) is 20.4. The van der Waals surface area contributed by atoms with E-state index in [0.29, 0.717) is 5.69 Å². The monoisotopic (exact) mass is 401 g/mol. The lowest BCUT2D eigenvalue weighted by Gasteiger charge is -2.24. The van der Waals surface area contributed by atoms with Gasteiger partial charge in [0.2, 0.25) is 15.9 Å². The molecule has 0 saturated carbocycles. The van der Waals surface area contributed by atoms with Crippen LogP contribution in [0.5, 0.6) is 0 Å². The predicted molar refractivity (Wildman–Crippen MR) is 112 cm³/mol. The van der Waals surface area contributed by atoms with Gasteiger partial charge in [0.1, 0.15) is 0 Å². The highest BCUT2D eigenvalue weighted by atomic mass is 32.2. The van der Waals surface area contributed by atoms with E-state index in [1.165, 1.54) is 22.0 Å². The fourth-order valence-electron chi connectivity index (χ4n) is 3.38. The minimum atomic E-state index is -3.53. The van der Waals surface area contributed by atoms with Crippen molar-refractivity contribution in [2.24, 2.45) is 0 Å². The maximum Gasteiger partial charge on any atom is 0.243 e. The molecule has 0 radical (unpaired) electrons. The smallest absolute Gasteiger partial charge is 0.243 e. The first-order valence-corrected chi connectivity index (χ1v) is 10.9. The van der Waals surface area contributed by atoms with Gasteiger partial charge in [0.25, 0.3) is 0 Å². The van der Waals surface area contributed by atoms with Crippen molar-refractivity contribution in [3.8, 4) is 0 Å². The Morgan fingerprint density at radius 1 is 1.18 bits per heavy atom. The maximum atomic E-state index is 12.5. The molecule has 1 aliphatic rings. The highest BCUT2D eigenvalue weighted by Gasteiger charge is 2.27. The molecule has 0 bridgehead atoms. The molecular formula is C21H27N3O3S. The van der Waals surface area contributed by atoms with Gasteiger partial charge in [-0.1, -0.05) is 18.2 Å². The third-order valence-electron chi connectivity index (χ3n) is 5.20. The van der Waals surface area contributed by atoms with Crippen molar-refractivity contribution in [3.05, 3.63) is 54.1 Å². The summed E-state index contributed by atoms with van der Waals surface area (Å²) in [4.78, 5) is 14.8. The molecule has 2 aromatic rings. The van der Waals surface area contributed by atoms with Crippen LogP contribution in [-0.2, 0) is 21.2 Å². The highest BCUT2D eigenvalue weighted by molar-refractivity contribution is 7.89. The molecular weight excluding hydrogens is 374 g/mol. The van der Waals surface area contributed by atoms with Gasteiger partial charge in [-0.05, 0) is 63.1 Å². The number of para-hydroxylation sites is 1. The van der Waals surface area contributed by atoms with E-state index in [0.717, 1.165) is 12.1 Å². The zero-order valence-electron chi connectivity index (χ0n) is 16.7. The number of nitrogens with zero attached hydrogens (tertiary/aromatic N) is 2. The molecule has 0 aliphatic carbocycles. The van der Waals surface area contributed by atoms with Crippen LogP contribution in [0.1, 0.15) is 26.3 Å². The number of nitrogens with one attached hydrogen (secondary N) is 1. The number of benzene rings is 2. The number of carbonyl (C=O) groups is 1. The zero-order chi connectivity index (χ0) is 20.5. The van der Waals surface area contributed by atoms with Gasteiger partial charge < -0.3 is 10.2 Å². The third-order valence-corrected chi connectivity index (χ3v) is 7.25.